The zero-order chi connectivity index (χ0) is 35.0. The van der Waals surface area contributed by atoms with Crippen LogP contribution in [0.2, 0.25) is 18.1 Å². The van der Waals surface area contributed by atoms with Gasteiger partial charge in [0.05, 0.1) is 44.3 Å². The van der Waals surface area contributed by atoms with Crippen molar-refractivity contribution in [1.82, 2.24) is 0 Å². The first-order valence-electron chi connectivity index (χ1n) is 16.3. The van der Waals surface area contributed by atoms with Gasteiger partial charge in [0.15, 0.2) is 8.32 Å². The number of allylic oxidation sites excluding steroid dienone is 2. The van der Waals surface area contributed by atoms with Crippen LogP contribution in [0.5, 0.6) is 11.5 Å². The lowest BCUT2D eigenvalue weighted by atomic mass is 9.86. The molecule has 7 atom stereocenters. The van der Waals surface area contributed by atoms with Gasteiger partial charge >= 0.3 is 0 Å². The van der Waals surface area contributed by atoms with Gasteiger partial charge in [0.25, 0.3) is 5.91 Å². The second-order valence-corrected chi connectivity index (χ2v) is 19.0. The van der Waals surface area contributed by atoms with Gasteiger partial charge in [0.1, 0.15) is 11.5 Å². The van der Waals surface area contributed by atoms with E-state index in [0.29, 0.717) is 29.2 Å². The number of benzene rings is 1. The minimum atomic E-state index is -2.12. The van der Waals surface area contributed by atoms with Gasteiger partial charge in [-0.15, -0.1) is 0 Å². The highest BCUT2D eigenvalue weighted by molar-refractivity contribution is 6.74. The Labute approximate surface area is 280 Å². The van der Waals surface area contributed by atoms with E-state index in [1.165, 1.54) is 0 Å². The third-order valence-electron chi connectivity index (χ3n) is 9.72. The number of fused-ring (bicyclic) bond motifs is 2. The number of amides is 1. The van der Waals surface area contributed by atoms with Crippen molar-refractivity contribution in [3.8, 4) is 11.5 Å². The van der Waals surface area contributed by atoms with Gasteiger partial charge in [-0.25, -0.2) is 0 Å². The van der Waals surface area contributed by atoms with Crippen LogP contribution in [0.25, 0.3) is 0 Å². The predicted octanol–water partition coefficient (Wildman–Crippen LogP) is 8.51. The molecule has 8 nitrogen and oxygen atoms in total. The second kappa shape index (κ2) is 17.1. The van der Waals surface area contributed by atoms with Gasteiger partial charge in [-0.3, -0.25) is 4.79 Å². The third kappa shape index (κ3) is 9.80. The SMILES string of the molecule is COc1cc2c(OC)c(c1)[C@H](OC)[C@@H](C)C[C@H](OC)[C@@H](OC)[C@H](C)/C=C(/C)[C@@H](O[Si](C)(C)C(C)(C)C)[C@H](C)/C=C\C=C(\C)C(=O)N2. The number of hydrogen-bond donors (Lipinski definition) is 1. The molecule has 1 N–H and O–H groups in total. The Balaban J connectivity index is 2.78. The summed E-state index contributed by atoms with van der Waals surface area (Å²) in [6.45, 7) is 21.8. The first-order chi connectivity index (χ1) is 21.5. The van der Waals surface area contributed by atoms with Crippen LogP contribution in [-0.2, 0) is 23.4 Å². The second-order valence-electron chi connectivity index (χ2n) is 14.3. The number of ether oxygens (including phenoxy) is 5. The molecule has 9 heteroatoms. The van der Waals surface area contributed by atoms with Crippen LogP contribution in [-0.4, -0.2) is 68.1 Å². The molecule has 2 bridgehead atoms. The van der Waals surface area contributed by atoms with Crippen molar-refractivity contribution in [2.45, 2.75) is 104 Å². The van der Waals surface area contributed by atoms with Crippen molar-refractivity contribution in [3.63, 3.8) is 0 Å². The smallest absolute Gasteiger partial charge is 0.251 e. The first-order valence-corrected chi connectivity index (χ1v) is 19.2. The van der Waals surface area contributed by atoms with E-state index in [9.17, 15) is 4.79 Å². The molecule has 0 spiro atoms. The molecular weight excluding hydrogens is 598 g/mol. The Hall–Kier alpha value is -2.43. The maximum Gasteiger partial charge on any atom is 0.251 e. The summed E-state index contributed by atoms with van der Waals surface area (Å²) in [4.78, 5) is 13.4. The lowest BCUT2D eigenvalue weighted by molar-refractivity contribution is -0.112. The highest BCUT2D eigenvalue weighted by Crippen LogP contribution is 2.43. The monoisotopic (exact) mass is 659 g/mol. The van der Waals surface area contributed by atoms with Crippen molar-refractivity contribution >= 4 is 19.9 Å². The number of methoxy groups -OCH3 is 5. The maximum absolute atomic E-state index is 13.4. The van der Waals surface area contributed by atoms with Crippen LogP contribution in [0.1, 0.15) is 73.5 Å². The molecule has 2 rings (SSSR count). The molecule has 0 fully saturated rings. The van der Waals surface area contributed by atoms with Crippen molar-refractivity contribution < 1.29 is 32.9 Å². The van der Waals surface area contributed by atoms with E-state index < -0.39 is 8.32 Å². The van der Waals surface area contributed by atoms with Crippen molar-refractivity contribution in [3.05, 3.63) is 53.1 Å². The fourth-order valence-electron chi connectivity index (χ4n) is 5.99. The van der Waals surface area contributed by atoms with E-state index in [1.54, 1.807) is 48.5 Å². The summed E-state index contributed by atoms with van der Waals surface area (Å²) in [5, 5.41) is 3.09. The molecular formula is C37H61NO7Si. The lowest BCUT2D eigenvalue weighted by Crippen LogP contribution is -2.45. The molecule has 0 saturated carbocycles. The number of rotatable bonds is 7. The quantitative estimate of drug-likeness (QED) is 0.232. The molecule has 0 aromatic heterocycles. The van der Waals surface area contributed by atoms with E-state index in [4.69, 9.17) is 28.1 Å². The molecule has 0 radical (unpaired) electrons. The summed E-state index contributed by atoms with van der Waals surface area (Å²) in [5.41, 5.74) is 2.99. The molecule has 260 valence electrons. The van der Waals surface area contributed by atoms with Crippen LogP contribution >= 0.6 is 0 Å². The molecule has 1 aromatic rings. The van der Waals surface area contributed by atoms with Gasteiger partial charge < -0.3 is 33.4 Å². The number of carbonyl (C=O) groups is 1. The van der Waals surface area contributed by atoms with Crippen molar-refractivity contribution in [1.29, 1.82) is 0 Å². The van der Waals surface area contributed by atoms with Gasteiger partial charge in [-0.05, 0) is 56.0 Å². The molecule has 1 amide bonds. The summed E-state index contributed by atoms with van der Waals surface area (Å²) in [6.07, 6.45) is 7.87. The highest BCUT2D eigenvalue weighted by atomic mass is 28.4. The van der Waals surface area contributed by atoms with Crippen LogP contribution in [0, 0.1) is 17.8 Å². The summed E-state index contributed by atoms with van der Waals surface area (Å²) < 4.78 is 37.0. The Morgan fingerprint density at radius 1 is 0.870 bits per heavy atom. The molecule has 0 saturated heterocycles. The fourth-order valence-corrected chi connectivity index (χ4v) is 7.37. The molecule has 0 aliphatic carbocycles. The van der Waals surface area contributed by atoms with Crippen LogP contribution in [0.15, 0.2) is 47.6 Å². The third-order valence-corrected chi connectivity index (χ3v) is 14.2. The summed E-state index contributed by atoms with van der Waals surface area (Å²) in [7, 11) is 6.23. The van der Waals surface area contributed by atoms with Crippen LogP contribution in [0.3, 0.4) is 0 Å². The molecule has 0 unspecified atom stereocenters. The normalized spacial score (nSPS) is 30.4. The maximum atomic E-state index is 13.4. The summed E-state index contributed by atoms with van der Waals surface area (Å²) in [6, 6.07) is 3.67. The molecule has 46 heavy (non-hydrogen) atoms. The Morgan fingerprint density at radius 3 is 2.04 bits per heavy atom. The molecule has 1 heterocycles. The summed E-state index contributed by atoms with van der Waals surface area (Å²) in [5.74, 6) is 0.940. The zero-order valence-electron chi connectivity index (χ0n) is 31.1. The Kier molecular flexibility index (Phi) is 14.8. The average Bonchev–Trinajstić information content (AvgIpc) is 2.98. The zero-order valence-corrected chi connectivity index (χ0v) is 32.1. The number of hydrogen-bond acceptors (Lipinski definition) is 7. The van der Waals surface area contributed by atoms with E-state index >= 15 is 0 Å². The standard InChI is InChI=1S/C37H61NO7Si/c1-23-17-16-18-24(2)36(39)38-30-22-28(40-9)21-29(35(30)44-13)33(42-11)27(5)20-31(41-10)34(43-12)26(4)19-25(3)32(23)45-46(14,15)37(6,7)8/h16-19,21-23,26-27,31-34H,20H2,1-15H3,(H,38,39)/b17-16-,24-18-,25-19-/t23-,26-,27+,31+,32+,33-,34+/m1/s1. The fraction of sp³-hybridized carbons (Fsp3) is 0.649. The van der Waals surface area contributed by atoms with E-state index in [2.05, 4.69) is 79.0 Å². The Morgan fingerprint density at radius 2 is 1.52 bits per heavy atom. The van der Waals surface area contributed by atoms with Crippen molar-refractivity contribution in [2.75, 3.05) is 40.9 Å². The van der Waals surface area contributed by atoms with E-state index in [0.717, 1.165) is 11.1 Å². The van der Waals surface area contributed by atoms with Gasteiger partial charge in [-0.2, -0.15) is 0 Å². The molecule has 1 aliphatic rings. The van der Waals surface area contributed by atoms with Crippen LogP contribution in [0.4, 0.5) is 5.69 Å². The highest BCUT2D eigenvalue weighted by Gasteiger charge is 2.41. The topological polar surface area (TPSA) is 84.5 Å². The van der Waals surface area contributed by atoms with Crippen LogP contribution < -0.4 is 14.8 Å². The minimum absolute atomic E-state index is 0.0166. The van der Waals surface area contributed by atoms with E-state index in [-0.39, 0.29) is 53.1 Å². The average molecular weight is 660 g/mol. The number of carbonyl (C=O) groups excluding carboxylic acids is 1. The van der Waals surface area contributed by atoms with E-state index in [1.807, 2.05) is 18.2 Å². The van der Waals surface area contributed by atoms with Gasteiger partial charge in [0.2, 0.25) is 0 Å². The molecule has 1 aromatic carbocycles. The lowest BCUT2D eigenvalue weighted by Gasteiger charge is -2.41. The van der Waals surface area contributed by atoms with Crippen molar-refractivity contribution in [2.24, 2.45) is 17.8 Å². The number of anilines is 1. The van der Waals surface area contributed by atoms with Gasteiger partial charge in [-0.1, -0.05) is 65.8 Å². The Bertz CT molecular complexity index is 1250. The van der Waals surface area contributed by atoms with Gasteiger partial charge in [0, 0.05) is 50.4 Å². The molecule has 1 aliphatic heterocycles. The minimum Gasteiger partial charge on any atom is -0.497 e. The predicted molar refractivity (Wildman–Crippen MR) is 190 cm³/mol. The number of nitrogens with one attached hydrogen (secondary N) is 1. The first kappa shape index (κ1) is 39.7. The largest absolute Gasteiger partial charge is 0.497 e. The summed E-state index contributed by atoms with van der Waals surface area (Å²) >= 11 is 0.